The number of hydrogen-bond acceptors (Lipinski definition) is 5. The second kappa shape index (κ2) is 3.30. The highest BCUT2D eigenvalue weighted by Crippen LogP contribution is 2.24. The first-order valence-corrected chi connectivity index (χ1v) is 4.77. The van der Waals surface area contributed by atoms with Gasteiger partial charge in [0.25, 0.3) is 0 Å². The van der Waals surface area contributed by atoms with Gasteiger partial charge in [0.05, 0.1) is 5.39 Å². The number of nitrogens with two attached hydrogens (primary N) is 1. The summed E-state index contributed by atoms with van der Waals surface area (Å²) in [5.74, 6) is 0.988. The fraction of sp³-hybridized carbons (Fsp3) is 0. The molecule has 0 saturated carbocycles. The molecule has 0 radical (unpaired) electrons. The number of benzene rings is 1. The lowest BCUT2D eigenvalue weighted by Crippen LogP contribution is -1.86. The molecule has 2 aromatic heterocycles. The van der Waals surface area contributed by atoms with Gasteiger partial charge in [0.2, 0.25) is 5.88 Å². The number of aromatic nitrogens is 3. The smallest absolute Gasteiger partial charge is 0.229 e. The molecule has 1 aromatic carbocycles. The molecular formula is C11H8N4O. The van der Waals surface area contributed by atoms with Crippen LogP contribution in [-0.2, 0) is 0 Å². The van der Waals surface area contributed by atoms with Gasteiger partial charge >= 0.3 is 0 Å². The normalized spacial score (nSPS) is 10.8. The summed E-state index contributed by atoms with van der Waals surface area (Å²) in [5.41, 5.74) is 7.21. The Morgan fingerprint density at radius 1 is 1.12 bits per heavy atom. The van der Waals surface area contributed by atoms with E-state index < -0.39 is 0 Å². The van der Waals surface area contributed by atoms with Crippen molar-refractivity contribution in [2.24, 2.45) is 0 Å². The van der Waals surface area contributed by atoms with Crippen molar-refractivity contribution in [1.82, 2.24) is 15.1 Å². The van der Waals surface area contributed by atoms with E-state index in [1.165, 1.54) is 0 Å². The summed E-state index contributed by atoms with van der Waals surface area (Å²) in [4.78, 5) is 8.32. The molecule has 0 bridgehead atoms. The molecule has 0 unspecified atom stereocenters. The van der Waals surface area contributed by atoms with Crippen LogP contribution in [0.5, 0.6) is 0 Å². The van der Waals surface area contributed by atoms with Crippen molar-refractivity contribution in [1.29, 1.82) is 0 Å². The molecule has 3 rings (SSSR count). The topological polar surface area (TPSA) is 77.8 Å². The first-order valence-electron chi connectivity index (χ1n) is 4.77. The van der Waals surface area contributed by atoms with Crippen LogP contribution in [0, 0.1) is 0 Å². The van der Waals surface area contributed by atoms with E-state index in [0.29, 0.717) is 17.2 Å². The first-order chi connectivity index (χ1) is 7.84. The van der Waals surface area contributed by atoms with Gasteiger partial charge in [-0.3, -0.25) is 0 Å². The van der Waals surface area contributed by atoms with Crippen molar-refractivity contribution in [2.75, 3.05) is 5.73 Å². The molecule has 78 valence electrons. The standard InChI is InChI=1S/C11H8N4O/c12-10-8-3-2-7(6-9(8)15-16-10)11-13-4-1-5-14-11/h1-6H,12H2. The monoisotopic (exact) mass is 212 g/mol. The summed E-state index contributed by atoms with van der Waals surface area (Å²) in [6.45, 7) is 0. The van der Waals surface area contributed by atoms with E-state index >= 15 is 0 Å². The van der Waals surface area contributed by atoms with Gasteiger partial charge in [-0.15, -0.1) is 0 Å². The summed E-state index contributed by atoms with van der Waals surface area (Å²) in [6, 6.07) is 7.37. The van der Waals surface area contributed by atoms with Crippen LogP contribution in [0.4, 0.5) is 5.88 Å². The summed E-state index contributed by atoms with van der Waals surface area (Å²) in [7, 11) is 0. The molecule has 0 aliphatic carbocycles. The molecule has 5 nitrogen and oxygen atoms in total. The molecular weight excluding hydrogens is 204 g/mol. The number of anilines is 1. The second-order valence-corrected chi connectivity index (χ2v) is 3.35. The largest absolute Gasteiger partial charge is 0.367 e. The third kappa shape index (κ3) is 1.30. The average Bonchev–Trinajstić information content (AvgIpc) is 2.72. The van der Waals surface area contributed by atoms with Gasteiger partial charge in [0.15, 0.2) is 5.82 Å². The molecule has 5 heteroatoms. The van der Waals surface area contributed by atoms with Gasteiger partial charge in [-0.25, -0.2) is 9.97 Å². The minimum absolute atomic E-state index is 0.329. The third-order valence-corrected chi connectivity index (χ3v) is 2.33. The fourth-order valence-electron chi connectivity index (χ4n) is 1.55. The van der Waals surface area contributed by atoms with E-state index in [9.17, 15) is 0 Å². The number of rotatable bonds is 1. The minimum atomic E-state index is 0.329. The van der Waals surface area contributed by atoms with E-state index in [1.54, 1.807) is 18.5 Å². The Balaban J connectivity index is 2.19. The zero-order valence-corrected chi connectivity index (χ0v) is 8.29. The van der Waals surface area contributed by atoms with E-state index in [0.717, 1.165) is 10.9 Å². The van der Waals surface area contributed by atoms with E-state index in [-0.39, 0.29) is 0 Å². The number of nitrogen functional groups attached to an aromatic ring is 1. The lowest BCUT2D eigenvalue weighted by atomic mass is 10.1. The van der Waals surface area contributed by atoms with Crippen LogP contribution < -0.4 is 5.73 Å². The van der Waals surface area contributed by atoms with Crippen LogP contribution in [0.15, 0.2) is 41.2 Å². The average molecular weight is 212 g/mol. The Labute approximate surface area is 90.9 Å². The minimum Gasteiger partial charge on any atom is -0.367 e. The zero-order valence-electron chi connectivity index (χ0n) is 8.29. The van der Waals surface area contributed by atoms with Crippen molar-refractivity contribution in [2.45, 2.75) is 0 Å². The molecule has 2 N–H and O–H groups in total. The predicted octanol–water partition coefficient (Wildman–Crippen LogP) is 1.87. The maximum atomic E-state index is 5.60. The van der Waals surface area contributed by atoms with Crippen molar-refractivity contribution < 1.29 is 4.52 Å². The highest BCUT2D eigenvalue weighted by molar-refractivity contribution is 5.89. The van der Waals surface area contributed by atoms with Crippen molar-refractivity contribution in [3.05, 3.63) is 36.7 Å². The van der Waals surface area contributed by atoms with Crippen LogP contribution in [-0.4, -0.2) is 15.1 Å². The number of nitrogens with zero attached hydrogens (tertiary/aromatic N) is 3. The van der Waals surface area contributed by atoms with Gasteiger partial charge < -0.3 is 10.3 Å². The van der Waals surface area contributed by atoms with Gasteiger partial charge in [0.1, 0.15) is 5.52 Å². The van der Waals surface area contributed by atoms with Crippen LogP contribution >= 0.6 is 0 Å². The van der Waals surface area contributed by atoms with Gasteiger partial charge in [0, 0.05) is 18.0 Å². The fourth-order valence-corrected chi connectivity index (χ4v) is 1.55. The maximum Gasteiger partial charge on any atom is 0.229 e. The predicted molar refractivity (Wildman–Crippen MR) is 59.4 cm³/mol. The third-order valence-electron chi connectivity index (χ3n) is 2.33. The molecule has 16 heavy (non-hydrogen) atoms. The van der Waals surface area contributed by atoms with Crippen molar-refractivity contribution in [3.63, 3.8) is 0 Å². The summed E-state index contributed by atoms with van der Waals surface area (Å²) >= 11 is 0. The van der Waals surface area contributed by atoms with Crippen LogP contribution in [0.25, 0.3) is 22.3 Å². The highest BCUT2D eigenvalue weighted by Gasteiger charge is 2.07. The maximum absolute atomic E-state index is 5.60. The Bertz CT molecular complexity index is 633. The van der Waals surface area contributed by atoms with Crippen LogP contribution in [0.3, 0.4) is 0 Å². The quantitative estimate of drug-likeness (QED) is 0.666. The zero-order chi connectivity index (χ0) is 11.0. The molecule has 0 aliphatic heterocycles. The van der Waals surface area contributed by atoms with E-state index in [4.69, 9.17) is 10.3 Å². The van der Waals surface area contributed by atoms with Crippen molar-refractivity contribution >= 4 is 16.8 Å². The molecule has 3 aromatic rings. The van der Waals surface area contributed by atoms with Gasteiger partial charge in [-0.1, -0.05) is 11.2 Å². The Morgan fingerprint density at radius 3 is 2.75 bits per heavy atom. The Morgan fingerprint density at radius 2 is 1.94 bits per heavy atom. The molecule has 0 spiro atoms. The summed E-state index contributed by atoms with van der Waals surface area (Å²) < 4.78 is 4.89. The molecule has 2 heterocycles. The number of hydrogen-bond donors (Lipinski definition) is 1. The molecule has 0 amide bonds. The van der Waals surface area contributed by atoms with E-state index in [2.05, 4.69) is 15.1 Å². The SMILES string of the molecule is Nc1onc2cc(-c3ncccn3)ccc12. The Hall–Kier alpha value is -2.43. The Kier molecular flexibility index (Phi) is 1.83. The van der Waals surface area contributed by atoms with Gasteiger partial charge in [-0.05, 0) is 18.2 Å². The van der Waals surface area contributed by atoms with Crippen LogP contribution in [0.1, 0.15) is 0 Å². The van der Waals surface area contributed by atoms with Gasteiger partial charge in [-0.2, -0.15) is 0 Å². The summed E-state index contributed by atoms with van der Waals surface area (Å²) in [5, 5.41) is 4.65. The van der Waals surface area contributed by atoms with Crippen molar-refractivity contribution in [3.8, 4) is 11.4 Å². The lowest BCUT2D eigenvalue weighted by Gasteiger charge is -1.97. The second-order valence-electron chi connectivity index (χ2n) is 3.35. The van der Waals surface area contributed by atoms with E-state index in [1.807, 2.05) is 18.2 Å². The molecule has 0 fully saturated rings. The molecule has 0 atom stereocenters. The van der Waals surface area contributed by atoms with Crippen LogP contribution in [0.2, 0.25) is 0 Å². The number of fused-ring (bicyclic) bond motifs is 1. The highest BCUT2D eigenvalue weighted by atomic mass is 16.5. The molecule has 0 aliphatic rings. The first kappa shape index (κ1) is 8.84. The molecule has 0 saturated heterocycles. The lowest BCUT2D eigenvalue weighted by molar-refractivity contribution is 0.445. The summed E-state index contributed by atoms with van der Waals surface area (Å²) in [6.07, 6.45) is 3.40.